The number of nitrogens with zero attached hydrogens (tertiary/aromatic N) is 2. The van der Waals surface area contributed by atoms with Crippen molar-refractivity contribution in [2.24, 2.45) is 0 Å². The minimum Gasteiger partial charge on any atom is -0.493 e. The predicted octanol–water partition coefficient (Wildman–Crippen LogP) is 4.36. The third kappa shape index (κ3) is 6.82. The molecule has 1 fully saturated rings. The highest BCUT2D eigenvalue weighted by atomic mass is 32.1. The number of thiocarbonyl (C=S) groups is 1. The van der Waals surface area contributed by atoms with Crippen LogP contribution in [0, 0.1) is 0 Å². The van der Waals surface area contributed by atoms with Crippen molar-refractivity contribution in [3.8, 4) is 11.5 Å². The molecule has 32 heavy (non-hydrogen) atoms. The molecule has 0 radical (unpaired) electrons. The van der Waals surface area contributed by atoms with Crippen LogP contribution in [-0.2, 0) is 11.3 Å². The van der Waals surface area contributed by atoms with E-state index in [9.17, 15) is 0 Å². The van der Waals surface area contributed by atoms with Crippen molar-refractivity contribution in [3.05, 3.63) is 53.6 Å². The first-order chi connectivity index (χ1) is 15.5. The van der Waals surface area contributed by atoms with E-state index >= 15 is 0 Å². The fraction of sp³-hybridized carbons (Fsp3) is 0.480. The van der Waals surface area contributed by atoms with E-state index in [2.05, 4.69) is 59.3 Å². The van der Waals surface area contributed by atoms with E-state index in [0.29, 0.717) is 17.6 Å². The van der Waals surface area contributed by atoms with E-state index < -0.39 is 0 Å². The lowest BCUT2D eigenvalue weighted by Crippen LogP contribution is -2.43. The molecule has 0 spiro atoms. The van der Waals surface area contributed by atoms with Gasteiger partial charge in [-0.3, -0.25) is 4.90 Å². The van der Waals surface area contributed by atoms with E-state index in [4.69, 9.17) is 26.4 Å². The molecule has 1 aliphatic rings. The van der Waals surface area contributed by atoms with Crippen LogP contribution in [0.15, 0.2) is 42.5 Å². The number of morpholine rings is 1. The van der Waals surface area contributed by atoms with E-state index in [1.165, 1.54) is 5.56 Å². The summed E-state index contributed by atoms with van der Waals surface area (Å²) >= 11 is 5.83. The summed E-state index contributed by atoms with van der Waals surface area (Å²) in [6.45, 7) is 10.3. The van der Waals surface area contributed by atoms with Gasteiger partial charge in [0.1, 0.15) is 0 Å². The molecule has 1 saturated heterocycles. The standard InChI is InChI=1S/C25H35N3O3S/c1-19(2)21-6-8-22(9-7-21)26-25(32)28(12-11-27-13-15-31-16-14-27)18-20-5-10-23(29-3)24(17-20)30-4/h5-10,17,19H,11-16,18H2,1-4H3,(H,26,32). The number of benzene rings is 2. The normalized spacial score (nSPS) is 14.3. The summed E-state index contributed by atoms with van der Waals surface area (Å²) < 4.78 is 16.3. The van der Waals surface area contributed by atoms with Crippen LogP contribution in [-0.4, -0.2) is 68.5 Å². The zero-order chi connectivity index (χ0) is 22.9. The summed E-state index contributed by atoms with van der Waals surface area (Å²) in [7, 11) is 3.31. The highest BCUT2D eigenvalue weighted by molar-refractivity contribution is 7.80. The smallest absolute Gasteiger partial charge is 0.173 e. The van der Waals surface area contributed by atoms with Crippen LogP contribution in [0.2, 0.25) is 0 Å². The molecule has 0 bridgehead atoms. The minimum atomic E-state index is 0.506. The summed E-state index contributed by atoms with van der Waals surface area (Å²) in [4.78, 5) is 4.63. The van der Waals surface area contributed by atoms with Gasteiger partial charge in [-0.15, -0.1) is 0 Å². The van der Waals surface area contributed by atoms with Gasteiger partial charge >= 0.3 is 0 Å². The second-order valence-corrected chi connectivity index (χ2v) is 8.66. The van der Waals surface area contributed by atoms with Gasteiger partial charge < -0.3 is 24.4 Å². The van der Waals surface area contributed by atoms with Gasteiger partial charge in [0.05, 0.1) is 27.4 Å². The van der Waals surface area contributed by atoms with Crippen LogP contribution in [0.3, 0.4) is 0 Å². The molecule has 0 amide bonds. The SMILES string of the molecule is COc1ccc(CN(CCN2CCOCC2)C(=S)Nc2ccc(C(C)C)cc2)cc1OC. The zero-order valence-electron chi connectivity index (χ0n) is 19.6. The third-order valence-electron chi connectivity index (χ3n) is 5.73. The zero-order valence-corrected chi connectivity index (χ0v) is 20.4. The molecule has 0 saturated carbocycles. The number of hydrogen-bond acceptors (Lipinski definition) is 5. The Morgan fingerprint density at radius 1 is 1.06 bits per heavy atom. The van der Waals surface area contributed by atoms with Gasteiger partial charge in [0.15, 0.2) is 16.6 Å². The van der Waals surface area contributed by atoms with Crippen molar-refractivity contribution < 1.29 is 14.2 Å². The second kappa shape index (κ2) is 12.0. The van der Waals surface area contributed by atoms with Gasteiger partial charge in [0.25, 0.3) is 0 Å². The largest absolute Gasteiger partial charge is 0.493 e. The van der Waals surface area contributed by atoms with E-state index in [1.54, 1.807) is 14.2 Å². The Morgan fingerprint density at radius 3 is 2.38 bits per heavy atom. The fourth-order valence-electron chi connectivity index (χ4n) is 3.69. The molecule has 0 unspecified atom stereocenters. The average Bonchev–Trinajstić information content (AvgIpc) is 2.82. The highest BCUT2D eigenvalue weighted by Crippen LogP contribution is 2.28. The van der Waals surface area contributed by atoms with Crippen molar-refractivity contribution in [2.75, 3.05) is 58.9 Å². The predicted molar refractivity (Wildman–Crippen MR) is 134 cm³/mol. The lowest BCUT2D eigenvalue weighted by molar-refractivity contribution is 0.0358. The molecular formula is C25H35N3O3S. The lowest BCUT2D eigenvalue weighted by Gasteiger charge is -2.31. The summed E-state index contributed by atoms with van der Waals surface area (Å²) in [6, 6.07) is 14.5. The molecule has 0 aliphatic carbocycles. The number of hydrogen-bond donors (Lipinski definition) is 1. The van der Waals surface area contributed by atoms with E-state index in [1.807, 2.05) is 12.1 Å². The summed E-state index contributed by atoms with van der Waals surface area (Å²) in [6.07, 6.45) is 0. The Morgan fingerprint density at radius 2 is 1.75 bits per heavy atom. The van der Waals surface area contributed by atoms with Crippen molar-refractivity contribution in [3.63, 3.8) is 0 Å². The molecule has 2 aromatic carbocycles. The maximum absolute atomic E-state index is 5.83. The number of anilines is 1. The van der Waals surface area contributed by atoms with Crippen molar-refractivity contribution in [1.29, 1.82) is 0 Å². The summed E-state index contributed by atoms with van der Waals surface area (Å²) in [5, 5.41) is 4.14. The molecule has 2 aromatic rings. The monoisotopic (exact) mass is 457 g/mol. The quantitative estimate of drug-likeness (QED) is 0.562. The Kier molecular flexibility index (Phi) is 9.14. The number of ether oxygens (including phenoxy) is 3. The van der Waals surface area contributed by atoms with Crippen LogP contribution in [0.5, 0.6) is 11.5 Å². The molecule has 1 aliphatic heterocycles. The Labute approximate surface area is 197 Å². The van der Waals surface area contributed by atoms with Crippen LogP contribution in [0.1, 0.15) is 30.9 Å². The van der Waals surface area contributed by atoms with Gasteiger partial charge in [-0.2, -0.15) is 0 Å². The highest BCUT2D eigenvalue weighted by Gasteiger charge is 2.16. The third-order valence-corrected chi connectivity index (χ3v) is 6.09. The van der Waals surface area contributed by atoms with Crippen molar-refractivity contribution in [2.45, 2.75) is 26.3 Å². The van der Waals surface area contributed by atoms with Crippen LogP contribution in [0.25, 0.3) is 0 Å². The molecule has 6 nitrogen and oxygen atoms in total. The summed E-state index contributed by atoms with van der Waals surface area (Å²) in [5.41, 5.74) is 3.43. The Bertz CT molecular complexity index is 867. The number of rotatable bonds is 9. The molecule has 1 heterocycles. The molecule has 7 heteroatoms. The Balaban J connectivity index is 1.72. The van der Waals surface area contributed by atoms with Crippen LogP contribution in [0.4, 0.5) is 5.69 Å². The number of methoxy groups -OCH3 is 2. The van der Waals surface area contributed by atoms with E-state index in [-0.39, 0.29) is 0 Å². The first kappa shape index (κ1) is 24.3. The van der Waals surface area contributed by atoms with Gasteiger partial charge in [-0.25, -0.2) is 0 Å². The van der Waals surface area contributed by atoms with Crippen LogP contribution >= 0.6 is 12.2 Å². The van der Waals surface area contributed by atoms with Gasteiger partial charge in [0, 0.05) is 38.4 Å². The fourth-order valence-corrected chi connectivity index (χ4v) is 3.97. The lowest BCUT2D eigenvalue weighted by atomic mass is 10.0. The topological polar surface area (TPSA) is 46.2 Å². The second-order valence-electron chi connectivity index (χ2n) is 8.27. The molecule has 0 aromatic heterocycles. The average molecular weight is 458 g/mol. The first-order valence-electron chi connectivity index (χ1n) is 11.2. The summed E-state index contributed by atoms with van der Waals surface area (Å²) in [5.74, 6) is 1.95. The first-order valence-corrected chi connectivity index (χ1v) is 11.6. The van der Waals surface area contributed by atoms with Crippen molar-refractivity contribution in [1.82, 2.24) is 9.80 Å². The van der Waals surface area contributed by atoms with Gasteiger partial charge in [-0.1, -0.05) is 32.0 Å². The molecule has 3 rings (SSSR count). The van der Waals surface area contributed by atoms with Crippen LogP contribution < -0.4 is 14.8 Å². The van der Waals surface area contributed by atoms with Gasteiger partial charge in [0.2, 0.25) is 0 Å². The molecule has 174 valence electrons. The molecule has 0 atom stereocenters. The minimum absolute atomic E-state index is 0.506. The number of nitrogens with one attached hydrogen (secondary N) is 1. The molecular weight excluding hydrogens is 422 g/mol. The van der Waals surface area contributed by atoms with E-state index in [0.717, 1.165) is 62.1 Å². The molecule has 1 N–H and O–H groups in total. The Hall–Kier alpha value is -2.35. The van der Waals surface area contributed by atoms with Gasteiger partial charge in [-0.05, 0) is 53.5 Å². The maximum atomic E-state index is 5.83. The maximum Gasteiger partial charge on any atom is 0.173 e. The van der Waals surface area contributed by atoms with Crippen molar-refractivity contribution >= 4 is 23.0 Å².